The largest absolute Gasteiger partial charge is 0.489 e. The van der Waals surface area contributed by atoms with Crippen LogP contribution in [0, 0.1) is 5.82 Å². The number of hydrogen-bond donors (Lipinski definition) is 0. The van der Waals surface area contributed by atoms with Gasteiger partial charge in [0.2, 0.25) is 0 Å². The first-order chi connectivity index (χ1) is 15.2. The molecular formula is C23H19F4N3O2. The van der Waals surface area contributed by atoms with Crippen LogP contribution in [-0.4, -0.2) is 20.3 Å². The van der Waals surface area contributed by atoms with E-state index < -0.39 is 12.6 Å². The van der Waals surface area contributed by atoms with Crippen molar-refractivity contribution in [1.82, 2.24) is 14.1 Å². The smallest absolute Gasteiger partial charge is 0.389 e. The quantitative estimate of drug-likeness (QED) is 0.395. The molecule has 9 heteroatoms. The number of pyridine rings is 1. The molecule has 0 aliphatic carbocycles. The highest BCUT2D eigenvalue weighted by Crippen LogP contribution is 2.24. The molecule has 0 N–H and O–H groups in total. The van der Waals surface area contributed by atoms with E-state index in [4.69, 9.17) is 4.74 Å². The minimum atomic E-state index is -4.25. The fourth-order valence-corrected chi connectivity index (χ4v) is 3.37. The van der Waals surface area contributed by atoms with Gasteiger partial charge in [-0.2, -0.15) is 13.2 Å². The minimum Gasteiger partial charge on any atom is -0.489 e. The minimum absolute atomic E-state index is 0.186. The summed E-state index contributed by atoms with van der Waals surface area (Å²) in [6.45, 7) is 0.186. The zero-order valence-electron chi connectivity index (χ0n) is 17.1. The molecule has 4 aromatic rings. The zero-order valence-corrected chi connectivity index (χ0v) is 17.1. The molecule has 0 saturated carbocycles. The van der Waals surface area contributed by atoms with Gasteiger partial charge in [0, 0.05) is 25.7 Å². The van der Waals surface area contributed by atoms with Crippen molar-refractivity contribution in [2.24, 2.45) is 7.05 Å². The van der Waals surface area contributed by atoms with Crippen molar-refractivity contribution in [3.05, 3.63) is 88.4 Å². The summed E-state index contributed by atoms with van der Waals surface area (Å²) in [6.07, 6.45) is -3.86. The highest BCUT2D eigenvalue weighted by Gasteiger charge is 2.27. The highest BCUT2D eigenvalue weighted by atomic mass is 19.4. The van der Waals surface area contributed by atoms with Crippen molar-refractivity contribution in [2.45, 2.75) is 25.6 Å². The molecule has 0 radical (unpaired) electrons. The van der Waals surface area contributed by atoms with Gasteiger partial charge in [0.15, 0.2) is 0 Å². The van der Waals surface area contributed by atoms with Crippen LogP contribution in [-0.2, 0) is 20.1 Å². The average molecular weight is 445 g/mol. The van der Waals surface area contributed by atoms with Crippen LogP contribution in [0.1, 0.15) is 17.8 Å². The van der Waals surface area contributed by atoms with Crippen LogP contribution < -0.4 is 10.3 Å². The maximum atomic E-state index is 13.0. The molecule has 0 aliphatic heterocycles. The lowest BCUT2D eigenvalue weighted by Gasteiger charge is -2.10. The molecule has 2 aromatic heterocycles. The summed E-state index contributed by atoms with van der Waals surface area (Å²) >= 11 is 0. The van der Waals surface area contributed by atoms with Crippen molar-refractivity contribution in [3.8, 4) is 11.4 Å². The second-order valence-electron chi connectivity index (χ2n) is 7.36. The van der Waals surface area contributed by atoms with Gasteiger partial charge < -0.3 is 9.30 Å². The van der Waals surface area contributed by atoms with Crippen LogP contribution in [0.5, 0.6) is 5.75 Å². The van der Waals surface area contributed by atoms with Crippen LogP contribution in [0.3, 0.4) is 0 Å². The molecule has 5 nitrogen and oxygen atoms in total. The van der Waals surface area contributed by atoms with Gasteiger partial charge in [-0.15, -0.1) is 0 Å². The second-order valence-corrected chi connectivity index (χ2v) is 7.36. The van der Waals surface area contributed by atoms with Gasteiger partial charge in [0.1, 0.15) is 24.0 Å². The van der Waals surface area contributed by atoms with Crippen molar-refractivity contribution >= 4 is 11.0 Å². The monoisotopic (exact) mass is 445 g/mol. The predicted molar refractivity (Wildman–Crippen MR) is 111 cm³/mol. The van der Waals surface area contributed by atoms with Crippen molar-refractivity contribution in [3.63, 3.8) is 0 Å². The van der Waals surface area contributed by atoms with Gasteiger partial charge in [-0.05, 0) is 42.0 Å². The number of aryl methyl sites for hydroxylation is 2. The maximum absolute atomic E-state index is 13.0. The number of imidazole rings is 1. The normalized spacial score (nSPS) is 11.8. The Bertz CT molecular complexity index is 1310. The van der Waals surface area contributed by atoms with E-state index in [1.165, 1.54) is 22.8 Å². The van der Waals surface area contributed by atoms with E-state index in [0.717, 1.165) is 5.56 Å². The lowest BCUT2D eigenvalue weighted by atomic mass is 10.2. The fourth-order valence-electron chi connectivity index (χ4n) is 3.37. The zero-order chi connectivity index (χ0) is 22.9. The number of halogens is 4. The molecule has 166 valence electrons. The predicted octanol–water partition coefficient (Wildman–Crippen LogP) is 4.94. The number of ether oxygens (including phenoxy) is 1. The van der Waals surface area contributed by atoms with E-state index in [2.05, 4.69) is 4.98 Å². The number of fused-ring (bicyclic) bond motifs is 1. The number of rotatable bonds is 6. The van der Waals surface area contributed by atoms with Gasteiger partial charge >= 0.3 is 6.18 Å². The SMILES string of the molecule is Cn1c(CCC(F)(F)F)nc2ccc(-n3ccc(OCc4ccc(F)cc4)cc3=O)cc21. The van der Waals surface area contributed by atoms with E-state index in [1.807, 2.05) is 0 Å². The number of hydrogen-bond acceptors (Lipinski definition) is 3. The summed E-state index contributed by atoms with van der Waals surface area (Å²) in [5.41, 5.74) is 2.17. The van der Waals surface area contributed by atoms with E-state index in [0.29, 0.717) is 28.3 Å². The molecule has 0 bridgehead atoms. The third-order valence-electron chi connectivity index (χ3n) is 5.08. The lowest BCUT2D eigenvalue weighted by molar-refractivity contribution is -0.134. The van der Waals surface area contributed by atoms with Gasteiger partial charge in [-0.1, -0.05) is 12.1 Å². The first-order valence-corrected chi connectivity index (χ1v) is 9.82. The van der Waals surface area contributed by atoms with Gasteiger partial charge in [0.25, 0.3) is 5.56 Å². The Hall–Kier alpha value is -3.62. The summed E-state index contributed by atoms with van der Waals surface area (Å²) in [5.74, 6) is 0.354. The summed E-state index contributed by atoms with van der Waals surface area (Å²) in [6, 6.07) is 13.9. The van der Waals surface area contributed by atoms with Gasteiger partial charge in [-0.3, -0.25) is 9.36 Å². The molecular weight excluding hydrogens is 426 g/mol. The topological polar surface area (TPSA) is 49.0 Å². The Morgan fingerprint density at radius 2 is 1.78 bits per heavy atom. The van der Waals surface area contributed by atoms with Crippen LogP contribution in [0.4, 0.5) is 17.6 Å². The van der Waals surface area contributed by atoms with Gasteiger partial charge in [-0.25, -0.2) is 9.37 Å². The highest BCUT2D eigenvalue weighted by molar-refractivity contribution is 5.78. The average Bonchev–Trinajstić information content (AvgIpc) is 3.06. The second kappa shape index (κ2) is 8.49. The van der Waals surface area contributed by atoms with Crippen molar-refractivity contribution in [2.75, 3.05) is 0 Å². The molecule has 32 heavy (non-hydrogen) atoms. The molecule has 4 rings (SSSR count). The van der Waals surface area contributed by atoms with Crippen LogP contribution in [0.15, 0.2) is 65.6 Å². The first kappa shape index (κ1) is 21.6. The van der Waals surface area contributed by atoms with Crippen molar-refractivity contribution in [1.29, 1.82) is 0 Å². The number of alkyl halides is 3. The molecule has 0 unspecified atom stereocenters. The third-order valence-corrected chi connectivity index (χ3v) is 5.08. The standard InChI is InChI=1S/C23H19F4N3O2/c1-29-20-12-17(6-7-19(20)28-21(29)8-10-23(25,26)27)30-11-9-18(13-22(30)31)32-14-15-2-4-16(24)5-3-15/h2-7,9,11-13H,8,10,14H2,1H3. The van der Waals surface area contributed by atoms with E-state index >= 15 is 0 Å². The molecule has 0 amide bonds. The maximum Gasteiger partial charge on any atom is 0.389 e. The lowest BCUT2D eigenvalue weighted by Crippen LogP contribution is -2.16. The Kier molecular flexibility index (Phi) is 5.73. The summed E-state index contributed by atoms with van der Waals surface area (Å²) in [4.78, 5) is 16.9. The summed E-state index contributed by atoms with van der Waals surface area (Å²) in [5, 5.41) is 0. The molecule has 0 aliphatic rings. The van der Waals surface area contributed by atoms with E-state index in [1.54, 1.807) is 54.2 Å². The number of aromatic nitrogens is 3. The molecule has 2 aromatic carbocycles. The number of nitrogens with zero attached hydrogens (tertiary/aromatic N) is 3. The Morgan fingerprint density at radius 3 is 2.47 bits per heavy atom. The Labute approximate surface area is 180 Å². The fraction of sp³-hybridized carbons (Fsp3) is 0.217. The van der Waals surface area contributed by atoms with E-state index in [9.17, 15) is 22.4 Å². The molecule has 0 atom stereocenters. The number of benzene rings is 2. The summed E-state index contributed by atoms with van der Waals surface area (Å²) < 4.78 is 59.3. The van der Waals surface area contributed by atoms with Crippen molar-refractivity contribution < 1.29 is 22.3 Å². The molecule has 0 fully saturated rings. The van der Waals surface area contributed by atoms with Crippen LogP contribution in [0.2, 0.25) is 0 Å². The molecule has 2 heterocycles. The first-order valence-electron chi connectivity index (χ1n) is 9.82. The Morgan fingerprint density at radius 1 is 1.03 bits per heavy atom. The molecule has 0 saturated heterocycles. The van der Waals surface area contributed by atoms with Crippen LogP contribution in [0.25, 0.3) is 16.7 Å². The third kappa shape index (κ3) is 4.82. The summed E-state index contributed by atoms with van der Waals surface area (Å²) in [7, 11) is 1.65. The Balaban J connectivity index is 1.54. The van der Waals surface area contributed by atoms with Gasteiger partial charge in [0.05, 0.1) is 23.1 Å². The van der Waals surface area contributed by atoms with Crippen LogP contribution >= 0.6 is 0 Å². The molecule has 0 spiro atoms. The van der Waals surface area contributed by atoms with E-state index in [-0.39, 0.29) is 24.4 Å².